The third-order valence-corrected chi connectivity index (χ3v) is 19.0. The first-order valence-electron chi connectivity index (χ1n) is 39.7. The molecule has 1 spiro atoms. The van der Waals surface area contributed by atoms with Gasteiger partial charge >= 0.3 is 0 Å². The van der Waals surface area contributed by atoms with Crippen LogP contribution >= 0.6 is 12.1 Å². The molecule has 4 heteroatoms. The van der Waals surface area contributed by atoms with Crippen LogP contribution in [0.1, 0.15) is 79.8 Å². The van der Waals surface area contributed by atoms with Crippen LogP contribution in [0.25, 0.3) is 44.5 Å². The fourth-order valence-corrected chi connectivity index (χ4v) is 13.3. The second kappa shape index (κ2) is 15.9. The number of benzene rings is 10. The van der Waals surface area contributed by atoms with Gasteiger partial charge in [-0.15, -0.1) is 0 Å². The van der Waals surface area contributed by atoms with E-state index in [4.69, 9.17) is 53.8 Å². The van der Waals surface area contributed by atoms with Crippen molar-refractivity contribution in [2.75, 3.05) is 0 Å². The van der Waals surface area contributed by atoms with Crippen molar-refractivity contribution < 1.29 is 57.6 Å². The average molecular weight is 943 g/mol. The van der Waals surface area contributed by atoms with Crippen LogP contribution < -0.4 is 31.8 Å². The second-order valence-corrected chi connectivity index (χ2v) is 22.2. The van der Waals surface area contributed by atoms with E-state index in [1.165, 1.54) is 0 Å². The summed E-state index contributed by atoms with van der Waals surface area (Å²) in [4.78, 5) is 0. The summed E-state index contributed by atoms with van der Waals surface area (Å²) in [5, 5.41) is -6.39. The number of fused-ring (bicyclic) bond motifs is 10. The molecule has 2 aliphatic rings. The monoisotopic (exact) mass is 942 g/mol. The Labute approximate surface area is 451 Å². The molecule has 308 valence electrons. The van der Waals surface area contributed by atoms with Crippen molar-refractivity contribution in [3.63, 3.8) is 0 Å². The summed E-state index contributed by atoms with van der Waals surface area (Å²) in [5.41, 5.74) is -15.5. The summed E-state index contributed by atoms with van der Waals surface area (Å²) < 4.78 is 391. The van der Waals surface area contributed by atoms with Crippen molar-refractivity contribution in [1.29, 1.82) is 0 Å². The smallest absolute Gasteiger partial charge is 0.0725 e. The minimum atomic E-state index is -5.29. The van der Waals surface area contributed by atoms with Gasteiger partial charge in [-0.2, -0.15) is 0 Å². The van der Waals surface area contributed by atoms with E-state index < -0.39 is 370 Å². The first-order chi connectivity index (χ1) is 49.5. The zero-order valence-electron chi connectivity index (χ0n) is 74.2. The minimum Gasteiger partial charge on any atom is -0.0826 e. The Morgan fingerprint density at radius 1 is 0.262 bits per heavy atom. The Morgan fingerprint density at radius 3 is 0.862 bits per heavy atom. The summed E-state index contributed by atoms with van der Waals surface area (Å²) in [6.07, 6.45) is 0. The predicted octanol–water partition coefficient (Wildman–Crippen LogP) is 12.9. The van der Waals surface area contributed by atoms with Gasteiger partial charge in [0.25, 0.3) is 0 Å². The van der Waals surface area contributed by atoms with E-state index in [0.29, 0.717) is 0 Å². The Hall–Kier alpha value is -6.50. The van der Waals surface area contributed by atoms with Crippen LogP contribution in [0.2, 0.25) is 0 Å². The molecule has 0 heterocycles. The number of rotatable bonds is 8. The highest BCUT2D eigenvalue weighted by molar-refractivity contribution is 8.26. The molecule has 2 aliphatic carbocycles. The second-order valence-electron chi connectivity index (χ2n) is 13.8. The highest BCUT2D eigenvalue weighted by atomic mass is 32.4. The van der Waals surface area contributed by atoms with E-state index in [-0.39, 0.29) is 0 Å². The fraction of sp³-hybridized carbons (Fsp3) is 0.0164. The zero-order valence-corrected chi connectivity index (χ0v) is 35.6. The van der Waals surface area contributed by atoms with E-state index in [1.54, 1.807) is 0 Å². The molecule has 0 aliphatic heterocycles. The average Bonchev–Trinajstić information content (AvgIpc) is 1.47. The molecule has 0 amide bonds. The standard InChI is InChI=1S/C61H42P2S2/c64-62(47-17-5-1-6-18-47,48-19-7-2-8-20-48)51-35-29-43(30-36-51)45-33-39-55-53-25-13-15-27-57(53)61(59(55)41-45)58-28-16-14-26-54(58)56-40-34-46(42-60(56)61)44-31-37-52(38-32-44)63(65,49-21-9-3-10-22-49)50-23-11-4-12-24-50/h1-42H/i1D,2D,3D,4D,5D,6D,7D,8D,9D,10D,11D,12D,13D,14D,15D,16D,17D,18D,19D,20D,21D,22D,23D,24D,25D,26D,27D,28D,29D,30D,31D,32D,33D,34D,35D,36D,37D,38D,39D,40D,41D,42D. The molecule has 0 aromatic heterocycles. The molecule has 12 rings (SSSR count). The van der Waals surface area contributed by atoms with Gasteiger partial charge in [0.2, 0.25) is 0 Å². The Morgan fingerprint density at radius 2 is 0.523 bits per heavy atom. The summed E-state index contributed by atoms with van der Waals surface area (Å²) in [6.45, 7) is 0. The maximum Gasteiger partial charge on any atom is 0.0725 e. The largest absolute Gasteiger partial charge is 0.0826 e. The van der Waals surface area contributed by atoms with E-state index in [9.17, 15) is 27.4 Å². The van der Waals surface area contributed by atoms with Crippen molar-refractivity contribution >= 4 is 67.5 Å². The van der Waals surface area contributed by atoms with Crippen molar-refractivity contribution in [3.05, 3.63) is 276 Å². The van der Waals surface area contributed by atoms with Gasteiger partial charge in [0.1, 0.15) is 0 Å². The lowest BCUT2D eigenvalue weighted by Gasteiger charge is -2.31. The third-order valence-electron chi connectivity index (χ3n) is 10.6. The van der Waals surface area contributed by atoms with Gasteiger partial charge in [-0.1, -0.05) is 265 Å². The summed E-state index contributed by atoms with van der Waals surface area (Å²) in [5.74, 6) is 0. The molecule has 0 nitrogen and oxygen atoms in total. The minimum absolute atomic E-state index is 0.856. The molecule has 65 heavy (non-hydrogen) atoms. The molecule has 0 bridgehead atoms. The molecule has 0 atom stereocenters. The van der Waals surface area contributed by atoms with Gasteiger partial charge in [0.05, 0.1) is 63.0 Å². The summed E-state index contributed by atoms with van der Waals surface area (Å²) >= 11 is 12.5. The fourth-order valence-electron chi connectivity index (χ4n) is 7.76. The van der Waals surface area contributed by atoms with Crippen LogP contribution in [0.4, 0.5) is 0 Å². The Balaban J connectivity index is 1.27. The summed E-state index contributed by atoms with van der Waals surface area (Å²) in [7, 11) is 0. The predicted molar refractivity (Wildman–Crippen MR) is 286 cm³/mol. The van der Waals surface area contributed by atoms with Crippen molar-refractivity contribution in [2.24, 2.45) is 0 Å². The van der Waals surface area contributed by atoms with E-state index in [0.717, 1.165) is 0 Å². The first kappa shape index (κ1) is 15.6. The van der Waals surface area contributed by atoms with Crippen LogP contribution in [0.5, 0.6) is 0 Å². The lowest BCUT2D eigenvalue weighted by Crippen LogP contribution is -2.26. The molecular weight excluding hydrogens is 859 g/mol. The van der Waals surface area contributed by atoms with E-state index in [1.807, 2.05) is 0 Å². The van der Waals surface area contributed by atoms with Crippen LogP contribution in [0.15, 0.2) is 254 Å². The maximum absolute atomic E-state index is 10.6. The van der Waals surface area contributed by atoms with E-state index in [2.05, 4.69) is 0 Å². The molecule has 0 saturated heterocycles. The maximum atomic E-state index is 10.6. The van der Waals surface area contributed by atoms with Crippen LogP contribution in [0, 0.1) is 0 Å². The summed E-state index contributed by atoms with van der Waals surface area (Å²) in [6, 6.07) is -61.2. The molecule has 0 radical (unpaired) electrons. The molecule has 10 aromatic carbocycles. The van der Waals surface area contributed by atoms with Gasteiger partial charge in [-0.3, -0.25) is 0 Å². The number of hydrogen-bond donors (Lipinski definition) is 0. The van der Waals surface area contributed by atoms with Crippen LogP contribution in [-0.4, -0.2) is 0 Å². The van der Waals surface area contributed by atoms with Crippen molar-refractivity contribution in [2.45, 2.75) is 5.41 Å². The highest BCUT2D eigenvalue weighted by Crippen LogP contribution is 2.63. The molecule has 0 fully saturated rings. The molecular formula is C61H42P2S2. The van der Waals surface area contributed by atoms with Gasteiger partial charge in [-0.25, -0.2) is 0 Å². The van der Waals surface area contributed by atoms with Crippen molar-refractivity contribution in [1.82, 2.24) is 0 Å². The van der Waals surface area contributed by atoms with Crippen LogP contribution in [-0.2, 0) is 29.0 Å². The molecule has 0 unspecified atom stereocenters. The normalized spacial score (nSPS) is 22.2. The Bertz CT molecular complexity index is 5380. The lowest BCUT2D eigenvalue weighted by molar-refractivity contribution is 0.794. The van der Waals surface area contributed by atoms with Gasteiger partial charge in [-0.05, 0) is 111 Å². The quantitative estimate of drug-likeness (QED) is 0.139. The molecule has 0 N–H and O–H groups in total. The van der Waals surface area contributed by atoms with Crippen molar-refractivity contribution in [3.8, 4) is 44.5 Å². The SMILES string of the molecule is [2H]c1c([2H])c([2H])c(P(=S)(c2c([2H])c([2H])c([2H])c([2H])c2[2H])c2c([2H])c([2H])c(-c3c([2H])c([2H])c4c(c3[2H])C3(c5c([2H])c([2H])c([2H])c([2H])c5-4)c4c([2H])c([2H])c([2H])c([2H])c4-c4c([2H])c([2H])c(-c5c([2H])c([2H])c(P(=S)(c6c([2H])c([2H])c([2H])c([2H])c6[2H])c6c([2H])c([2H])c([2H])c([2H])c6[2H])c([2H])c5[2H])c([2H])c43)c([2H])c2[2H])c([2H])c1[2H]. The highest BCUT2D eigenvalue weighted by Gasteiger charge is 2.51. The van der Waals surface area contributed by atoms with E-state index >= 15 is 0 Å². The van der Waals surface area contributed by atoms with Crippen LogP contribution in [0.3, 0.4) is 0 Å². The Kier molecular flexibility index (Phi) is 3.80. The number of hydrogen-bond acceptors (Lipinski definition) is 2. The first-order valence-corrected chi connectivity index (χ1v) is 24.3. The zero-order chi connectivity index (χ0) is 80.1. The van der Waals surface area contributed by atoms with Gasteiger partial charge in [0, 0.05) is 12.1 Å². The topological polar surface area (TPSA) is 0 Å². The molecule has 10 aromatic rings. The lowest BCUT2D eigenvalue weighted by atomic mass is 9.70. The van der Waals surface area contributed by atoms with Gasteiger partial charge < -0.3 is 0 Å². The molecule has 0 saturated carbocycles. The van der Waals surface area contributed by atoms with Gasteiger partial charge in [0.15, 0.2) is 0 Å². The third kappa shape index (κ3) is 6.16.